The predicted octanol–water partition coefficient (Wildman–Crippen LogP) is -1.84. The summed E-state index contributed by atoms with van der Waals surface area (Å²) in [5.41, 5.74) is 0. The second-order valence-corrected chi connectivity index (χ2v) is 6.11. The summed E-state index contributed by atoms with van der Waals surface area (Å²) >= 11 is 0. The van der Waals surface area contributed by atoms with Gasteiger partial charge < -0.3 is 40.0 Å². The Morgan fingerprint density at radius 1 is 0.400 bits per heavy atom. The van der Waals surface area contributed by atoms with Crippen molar-refractivity contribution in [1.82, 2.24) is 19.6 Å². The van der Waals surface area contributed by atoms with Gasteiger partial charge in [0, 0.05) is 52.4 Å². The summed E-state index contributed by atoms with van der Waals surface area (Å²) in [4.78, 5) is 7.72. The quantitative estimate of drug-likeness (QED) is 0.345. The van der Waals surface area contributed by atoms with Gasteiger partial charge in [-0.3, -0.25) is 0 Å². The first-order valence-electron chi connectivity index (χ1n) is 8.11. The fourth-order valence-corrected chi connectivity index (χ4v) is 0.800. The third kappa shape index (κ3) is 79.2. The summed E-state index contributed by atoms with van der Waals surface area (Å²) in [5.74, 6) is 0. The molecule has 0 bridgehead atoms. The average Bonchev–Trinajstić information content (AvgIpc) is 2.39. The minimum atomic E-state index is 0. The van der Waals surface area contributed by atoms with Crippen LogP contribution >= 0.6 is 0 Å². The van der Waals surface area contributed by atoms with E-state index in [-0.39, 0.29) is 52.6 Å². The van der Waals surface area contributed by atoms with Crippen LogP contribution in [-0.4, -0.2) is 149 Å². The van der Waals surface area contributed by atoms with Gasteiger partial charge in [-0.25, -0.2) is 0 Å². The fraction of sp³-hybridized carbons (Fsp3) is 1.00. The zero-order valence-electron chi connectivity index (χ0n) is 17.7. The van der Waals surface area contributed by atoms with Gasteiger partial charge in [0.15, 0.2) is 0 Å². The molecule has 0 aliphatic heterocycles. The Kier molecular flexibility index (Phi) is 47.1. The van der Waals surface area contributed by atoms with Gasteiger partial charge in [0.2, 0.25) is 0 Å². The topological polar surface area (TPSA) is 93.9 Å². The zero-order chi connectivity index (χ0) is 20.0. The largest absolute Gasteiger partial charge is 0.395 e. The van der Waals surface area contributed by atoms with Crippen molar-refractivity contribution in [2.45, 2.75) is 0 Å². The molecule has 8 nitrogen and oxygen atoms in total. The Balaban J connectivity index is -0.0000000702. The summed E-state index contributed by atoms with van der Waals surface area (Å²) in [6.07, 6.45) is 0. The van der Waals surface area contributed by atoms with Crippen molar-refractivity contribution >= 4 is 0 Å². The number of hydrogen-bond acceptors (Lipinski definition) is 8. The summed E-state index contributed by atoms with van der Waals surface area (Å²) in [6.45, 7) is 4.08. The van der Waals surface area contributed by atoms with Crippen molar-refractivity contribution in [2.75, 3.05) is 109 Å². The van der Waals surface area contributed by atoms with Gasteiger partial charge in [0.05, 0.1) is 26.4 Å². The molecule has 0 aliphatic rings. The maximum atomic E-state index is 8.20. The summed E-state index contributed by atoms with van der Waals surface area (Å²) in [7, 11) is 15.4. The van der Waals surface area contributed by atoms with Crippen LogP contribution in [0.15, 0.2) is 0 Å². The van der Waals surface area contributed by atoms with Crippen LogP contribution in [0, 0.1) is 0 Å². The van der Waals surface area contributed by atoms with Crippen molar-refractivity contribution in [3.8, 4) is 0 Å². The Hall–Kier alpha value is 0.563. The predicted molar refractivity (Wildman–Crippen MR) is 103 cm³/mol. The molecule has 0 atom stereocenters. The Bertz CT molecular complexity index is 161. The Morgan fingerprint density at radius 3 is 0.520 bits per heavy atom. The van der Waals surface area contributed by atoms with E-state index in [1.54, 1.807) is 0 Å². The molecule has 0 radical (unpaired) electrons. The smallest absolute Gasteiger partial charge is 0.0558 e. The Labute approximate surface area is 175 Å². The van der Waals surface area contributed by atoms with Crippen molar-refractivity contribution < 1.29 is 46.6 Å². The molecule has 0 aromatic carbocycles. The van der Waals surface area contributed by atoms with Gasteiger partial charge in [0.25, 0.3) is 0 Å². The normalized spacial score (nSPS) is 9.60. The van der Waals surface area contributed by atoms with Gasteiger partial charge >= 0.3 is 0 Å². The minimum Gasteiger partial charge on any atom is -0.395 e. The van der Waals surface area contributed by atoms with E-state index in [1.165, 1.54) is 0 Å². The second kappa shape index (κ2) is 32.3. The molecular formula is C16H44N4O4Zr. The van der Waals surface area contributed by atoms with Gasteiger partial charge in [-0.2, -0.15) is 0 Å². The van der Waals surface area contributed by atoms with E-state index in [0.717, 1.165) is 26.2 Å². The van der Waals surface area contributed by atoms with Crippen LogP contribution in [0.1, 0.15) is 0 Å². The van der Waals surface area contributed by atoms with E-state index in [9.17, 15) is 0 Å². The number of hydrogen-bond donors (Lipinski definition) is 4. The molecule has 0 aromatic rings. The van der Waals surface area contributed by atoms with Gasteiger partial charge in [-0.1, -0.05) is 0 Å². The molecule has 0 heterocycles. The first-order valence-corrected chi connectivity index (χ1v) is 8.11. The van der Waals surface area contributed by atoms with Crippen LogP contribution in [0.3, 0.4) is 0 Å². The van der Waals surface area contributed by atoms with Crippen molar-refractivity contribution in [1.29, 1.82) is 0 Å². The molecule has 0 rings (SSSR count). The van der Waals surface area contributed by atoms with Crippen molar-refractivity contribution in [3.05, 3.63) is 0 Å². The number of aliphatic hydroxyl groups is 4. The number of rotatable bonds is 8. The number of nitrogens with zero attached hydrogens (tertiary/aromatic N) is 4. The van der Waals surface area contributed by atoms with E-state index in [4.69, 9.17) is 20.4 Å². The van der Waals surface area contributed by atoms with Crippen LogP contribution < -0.4 is 0 Å². The molecule has 0 fully saturated rings. The third-order valence-corrected chi connectivity index (χ3v) is 2.19. The van der Waals surface area contributed by atoms with E-state index < -0.39 is 0 Å². The van der Waals surface area contributed by atoms with E-state index in [2.05, 4.69) is 0 Å². The zero-order valence-corrected chi connectivity index (χ0v) is 20.2. The molecule has 0 aromatic heterocycles. The van der Waals surface area contributed by atoms with Crippen LogP contribution in [-0.2, 0) is 26.2 Å². The molecule has 9 heteroatoms. The molecule has 0 unspecified atom stereocenters. The van der Waals surface area contributed by atoms with Crippen LogP contribution in [0.25, 0.3) is 0 Å². The third-order valence-electron chi connectivity index (χ3n) is 2.19. The molecule has 0 amide bonds. The van der Waals surface area contributed by atoms with E-state index in [0.29, 0.717) is 0 Å². The van der Waals surface area contributed by atoms with Crippen molar-refractivity contribution in [3.63, 3.8) is 0 Å². The fourth-order valence-electron chi connectivity index (χ4n) is 0.800. The van der Waals surface area contributed by atoms with Crippen LogP contribution in [0.4, 0.5) is 0 Å². The Morgan fingerprint density at radius 2 is 0.520 bits per heavy atom. The maximum Gasteiger partial charge on any atom is 0.0558 e. The van der Waals surface area contributed by atoms with Crippen LogP contribution in [0.2, 0.25) is 0 Å². The molecule has 0 saturated heterocycles. The molecule has 25 heavy (non-hydrogen) atoms. The standard InChI is InChI=1S/4C4H11NO.Zr/c4*1-5(2)3-4-6;/h4*6H,3-4H2,1-2H3;. The molecular weight excluding hydrogens is 403 g/mol. The summed E-state index contributed by atoms with van der Waals surface area (Å²) in [6, 6.07) is 0. The molecule has 4 N–H and O–H groups in total. The van der Waals surface area contributed by atoms with Gasteiger partial charge in [0.1, 0.15) is 0 Å². The second-order valence-electron chi connectivity index (χ2n) is 6.11. The average molecular weight is 448 g/mol. The molecule has 0 aliphatic carbocycles. The van der Waals surface area contributed by atoms with Crippen LogP contribution in [0.5, 0.6) is 0 Å². The number of aliphatic hydroxyl groups excluding tert-OH is 4. The van der Waals surface area contributed by atoms with Crippen molar-refractivity contribution in [2.24, 2.45) is 0 Å². The summed E-state index contributed by atoms with van der Waals surface area (Å²) in [5, 5.41) is 32.8. The molecule has 0 saturated carbocycles. The van der Waals surface area contributed by atoms with Gasteiger partial charge in [-0.05, 0) is 56.4 Å². The van der Waals surface area contributed by atoms with E-state index >= 15 is 0 Å². The molecule has 0 spiro atoms. The summed E-state index contributed by atoms with van der Waals surface area (Å²) < 4.78 is 0. The number of likely N-dealkylation sites (N-methyl/N-ethyl adjacent to an activating group) is 4. The minimum absolute atomic E-state index is 0. The van der Waals surface area contributed by atoms with E-state index in [1.807, 2.05) is 76.0 Å². The van der Waals surface area contributed by atoms with Gasteiger partial charge in [-0.15, -0.1) is 0 Å². The maximum absolute atomic E-state index is 8.20. The first kappa shape index (κ1) is 36.5. The first-order chi connectivity index (χ1) is 11.1. The monoisotopic (exact) mass is 446 g/mol. The molecule has 156 valence electrons. The SMILES string of the molecule is CN(C)CCO.CN(C)CCO.CN(C)CCO.CN(C)CCO.[Zr].